The second-order valence-electron chi connectivity index (χ2n) is 5.44. The van der Waals surface area contributed by atoms with E-state index in [0.717, 1.165) is 18.8 Å². The molecule has 25 heavy (non-hydrogen) atoms. The van der Waals surface area contributed by atoms with Crippen LogP contribution in [0.15, 0.2) is 48.7 Å². The molecule has 0 aliphatic heterocycles. The number of aromatic nitrogens is 3. The van der Waals surface area contributed by atoms with Gasteiger partial charge in [-0.1, -0.05) is 30.3 Å². The third-order valence-electron chi connectivity index (χ3n) is 3.55. The SMILES string of the molecule is CCNC(=O)Nc1cnc2ccc(NCCc3ccccc3)nc2n1. The first-order chi connectivity index (χ1) is 12.2. The van der Waals surface area contributed by atoms with Crippen LogP contribution in [0, 0.1) is 0 Å². The highest BCUT2D eigenvalue weighted by atomic mass is 16.2. The van der Waals surface area contributed by atoms with E-state index < -0.39 is 0 Å². The van der Waals surface area contributed by atoms with Crippen molar-refractivity contribution in [3.8, 4) is 0 Å². The number of hydrogen-bond acceptors (Lipinski definition) is 5. The molecular weight excluding hydrogens is 316 g/mol. The average Bonchev–Trinajstić information content (AvgIpc) is 2.62. The molecule has 2 amide bonds. The van der Waals surface area contributed by atoms with Crippen LogP contribution in [0.1, 0.15) is 12.5 Å². The van der Waals surface area contributed by atoms with E-state index in [0.29, 0.717) is 23.5 Å². The fourth-order valence-electron chi connectivity index (χ4n) is 2.36. The number of carbonyl (C=O) groups is 1. The van der Waals surface area contributed by atoms with E-state index in [-0.39, 0.29) is 6.03 Å². The van der Waals surface area contributed by atoms with E-state index in [1.807, 2.05) is 37.3 Å². The van der Waals surface area contributed by atoms with E-state index in [1.165, 1.54) is 11.8 Å². The van der Waals surface area contributed by atoms with Crippen molar-refractivity contribution >= 4 is 28.8 Å². The van der Waals surface area contributed by atoms with Gasteiger partial charge in [0.05, 0.1) is 6.20 Å². The Morgan fingerprint density at radius 2 is 1.84 bits per heavy atom. The highest BCUT2D eigenvalue weighted by molar-refractivity contribution is 5.89. The van der Waals surface area contributed by atoms with E-state index in [9.17, 15) is 4.79 Å². The fraction of sp³-hybridized carbons (Fsp3) is 0.222. The van der Waals surface area contributed by atoms with Gasteiger partial charge in [0.15, 0.2) is 11.5 Å². The van der Waals surface area contributed by atoms with Gasteiger partial charge in [-0.25, -0.2) is 19.7 Å². The van der Waals surface area contributed by atoms with Gasteiger partial charge in [0.1, 0.15) is 11.3 Å². The first-order valence-corrected chi connectivity index (χ1v) is 8.21. The first kappa shape index (κ1) is 16.6. The van der Waals surface area contributed by atoms with Gasteiger partial charge < -0.3 is 10.6 Å². The molecule has 3 N–H and O–H groups in total. The number of hydrogen-bond donors (Lipinski definition) is 3. The van der Waals surface area contributed by atoms with Crippen LogP contribution in [0.25, 0.3) is 11.2 Å². The standard InChI is InChI=1S/C18H20N6O/c1-2-19-18(25)24-16-12-21-14-8-9-15(22-17(14)23-16)20-11-10-13-6-4-3-5-7-13/h3-9,12H,2,10-11H2,1H3,(H3,19,20,22,23,24,25). The Morgan fingerprint density at radius 3 is 2.64 bits per heavy atom. The van der Waals surface area contributed by atoms with Gasteiger partial charge in [-0.05, 0) is 31.0 Å². The van der Waals surface area contributed by atoms with Crippen LogP contribution >= 0.6 is 0 Å². The average molecular weight is 336 g/mol. The number of urea groups is 1. The number of fused-ring (bicyclic) bond motifs is 1. The summed E-state index contributed by atoms with van der Waals surface area (Å²) < 4.78 is 0. The molecule has 0 spiro atoms. The van der Waals surface area contributed by atoms with Crippen LogP contribution in [0.4, 0.5) is 16.4 Å². The molecule has 3 aromatic rings. The summed E-state index contributed by atoms with van der Waals surface area (Å²) in [7, 11) is 0. The van der Waals surface area contributed by atoms with E-state index >= 15 is 0 Å². The summed E-state index contributed by atoms with van der Waals surface area (Å²) in [5, 5.41) is 8.57. The number of amides is 2. The van der Waals surface area contributed by atoms with E-state index in [2.05, 4.69) is 43.0 Å². The van der Waals surface area contributed by atoms with Crippen molar-refractivity contribution < 1.29 is 4.79 Å². The number of pyridine rings is 1. The summed E-state index contributed by atoms with van der Waals surface area (Å²) in [5.74, 6) is 1.10. The molecule has 128 valence electrons. The summed E-state index contributed by atoms with van der Waals surface area (Å²) in [5.41, 5.74) is 2.43. The monoisotopic (exact) mass is 336 g/mol. The molecule has 0 unspecified atom stereocenters. The van der Waals surface area contributed by atoms with Crippen LogP contribution in [0.5, 0.6) is 0 Å². The van der Waals surface area contributed by atoms with Crippen LogP contribution < -0.4 is 16.0 Å². The Labute approximate surface area is 145 Å². The zero-order chi connectivity index (χ0) is 17.5. The Balaban J connectivity index is 1.66. The lowest BCUT2D eigenvalue weighted by atomic mass is 10.1. The van der Waals surface area contributed by atoms with Gasteiger partial charge in [-0.2, -0.15) is 0 Å². The number of rotatable bonds is 6. The Bertz CT molecular complexity index is 853. The van der Waals surface area contributed by atoms with Crippen molar-refractivity contribution in [2.24, 2.45) is 0 Å². The van der Waals surface area contributed by atoms with Crippen molar-refractivity contribution in [2.45, 2.75) is 13.3 Å². The second-order valence-corrected chi connectivity index (χ2v) is 5.44. The lowest BCUT2D eigenvalue weighted by molar-refractivity contribution is 0.252. The van der Waals surface area contributed by atoms with Gasteiger partial charge in [0.2, 0.25) is 0 Å². The normalized spacial score (nSPS) is 10.4. The molecule has 7 nitrogen and oxygen atoms in total. The summed E-state index contributed by atoms with van der Waals surface area (Å²) in [6.07, 6.45) is 2.42. The Hall–Kier alpha value is -3.22. The van der Waals surface area contributed by atoms with Crippen molar-refractivity contribution in [3.05, 3.63) is 54.2 Å². The molecule has 0 bridgehead atoms. The third kappa shape index (κ3) is 4.63. The minimum Gasteiger partial charge on any atom is -0.370 e. The van der Waals surface area contributed by atoms with Crippen LogP contribution in [-0.2, 0) is 6.42 Å². The zero-order valence-electron chi connectivity index (χ0n) is 14.0. The lowest BCUT2D eigenvalue weighted by Crippen LogP contribution is -2.28. The Kier molecular flexibility index (Phi) is 5.36. The molecule has 0 fully saturated rings. The van der Waals surface area contributed by atoms with Gasteiger partial charge >= 0.3 is 6.03 Å². The van der Waals surface area contributed by atoms with Crippen LogP contribution in [-0.4, -0.2) is 34.1 Å². The summed E-state index contributed by atoms with van der Waals surface area (Å²) in [6, 6.07) is 13.7. The number of nitrogens with zero attached hydrogens (tertiary/aromatic N) is 3. The van der Waals surface area contributed by atoms with Crippen LogP contribution in [0.3, 0.4) is 0 Å². The number of carbonyl (C=O) groups excluding carboxylic acids is 1. The quantitative estimate of drug-likeness (QED) is 0.644. The van der Waals surface area contributed by atoms with Crippen molar-refractivity contribution in [1.82, 2.24) is 20.3 Å². The molecular formula is C18H20N6O. The summed E-state index contributed by atoms with van der Waals surface area (Å²) >= 11 is 0. The predicted molar refractivity (Wildman–Crippen MR) is 98.7 cm³/mol. The topological polar surface area (TPSA) is 91.8 Å². The second kappa shape index (κ2) is 8.05. The maximum atomic E-state index is 11.6. The van der Waals surface area contributed by atoms with Crippen molar-refractivity contribution in [1.29, 1.82) is 0 Å². The van der Waals surface area contributed by atoms with Gasteiger partial charge in [-0.15, -0.1) is 0 Å². The molecule has 0 saturated carbocycles. The molecule has 2 heterocycles. The zero-order valence-corrected chi connectivity index (χ0v) is 14.0. The minimum atomic E-state index is -0.312. The van der Waals surface area contributed by atoms with E-state index in [1.54, 1.807) is 0 Å². The van der Waals surface area contributed by atoms with Gasteiger partial charge in [0, 0.05) is 13.1 Å². The minimum absolute atomic E-state index is 0.312. The molecule has 1 aromatic carbocycles. The molecule has 0 atom stereocenters. The van der Waals surface area contributed by atoms with Gasteiger partial charge in [0.25, 0.3) is 0 Å². The molecule has 0 radical (unpaired) electrons. The predicted octanol–water partition coefficient (Wildman–Crippen LogP) is 2.82. The smallest absolute Gasteiger partial charge is 0.320 e. The first-order valence-electron chi connectivity index (χ1n) is 8.21. The molecule has 2 aromatic heterocycles. The van der Waals surface area contributed by atoms with Crippen molar-refractivity contribution in [2.75, 3.05) is 23.7 Å². The summed E-state index contributed by atoms with van der Waals surface area (Å²) in [6.45, 7) is 3.16. The largest absolute Gasteiger partial charge is 0.370 e. The molecule has 0 aliphatic rings. The maximum absolute atomic E-state index is 11.6. The summed E-state index contributed by atoms with van der Waals surface area (Å²) in [4.78, 5) is 24.6. The molecule has 3 rings (SSSR count). The lowest BCUT2D eigenvalue weighted by Gasteiger charge is -2.08. The number of nitrogens with one attached hydrogen (secondary N) is 3. The van der Waals surface area contributed by atoms with Crippen molar-refractivity contribution in [3.63, 3.8) is 0 Å². The number of benzene rings is 1. The Morgan fingerprint density at radius 1 is 1.04 bits per heavy atom. The third-order valence-corrected chi connectivity index (χ3v) is 3.55. The highest BCUT2D eigenvalue weighted by Crippen LogP contribution is 2.13. The van der Waals surface area contributed by atoms with Crippen LogP contribution in [0.2, 0.25) is 0 Å². The van der Waals surface area contributed by atoms with E-state index in [4.69, 9.17) is 0 Å². The van der Waals surface area contributed by atoms with Gasteiger partial charge in [-0.3, -0.25) is 5.32 Å². The number of anilines is 2. The fourth-order valence-corrected chi connectivity index (χ4v) is 2.36. The molecule has 0 aliphatic carbocycles. The molecule has 0 saturated heterocycles. The maximum Gasteiger partial charge on any atom is 0.320 e. The molecule has 7 heteroatoms. The highest BCUT2D eigenvalue weighted by Gasteiger charge is 2.05.